The Morgan fingerprint density at radius 2 is 0.667 bits per heavy atom. The Hall–Kier alpha value is -5.76. The van der Waals surface area contributed by atoms with Gasteiger partial charge in [0.2, 0.25) is 0 Å². The number of aryl methyl sites for hydroxylation is 2. The minimum absolute atomic E-state index is 0.701. The average molecular weight is 553 g/mol. The number of hydrogen-bond donors (Lipinski definition) is 4. The van der Waals surface area contributed by atoms with E-state index in [0.29, 0.717) is 23.3 Å². The van der Waals surface area contributed by atoms with Crippen LogP contribution in [-0.2, 0) is 0 Å². The third-order valence-electron chi connectivity index (χ3n) is 6.27. The van der Waals surface area contributed by atoms with Gasteiger partial charge in [-0.2, -0.15) is 0 Å². The Labute approximate surface area is 246 Å². The largest absolute Gasteiger partial charge is 0.337 e. The zero-order valence-corrected chi connectivity index (χ0v) is 23.5. The molecule has 0 radical (unpaired) electrons. The van der Waals surface area contributed by atoms with E-state index in [1.54, 1.807) is 24.8 Å². The second-order valence-corrected chi connectivity index (χ2v) is 9.37. The fraction of sp³-hybridized carbons (Fsp3) is 0.0588. The number of para-hydroxylation sites is 4. The summed E-state index contributed by atoms with van der Waals surface area (Å²) in [6.45, 7) is 4.12. The summed E-state index contributed by atoms with van der Waals surface area (Å²) >= 11 is 0. The lowest BCUT2D eigenvalue weighted by Crippen LogP contribution is -2.02. The van der Waals surface area contributed by atoms with Gasteiger partial charge in [-0.25, -0.2) is 19.9 Å². The summed E-state index contributed by atoms with van der Waals surface area (Å²) in [6.07, 6.45) is 6.70. The lowest BCUT2D eigenvalue weighted by atomic mass is 10.2. The molecule has 2 heterocycles. The molecule has 208 valence electrons. The van der Waals surface area contributed by atoms with Crippen LogP contribution in [0.5, 0.6) is 0 Å². The fourth-order valence-electron chi connectivity index (χ4n) is 4.04. The molecule has 8 heteroatoms. The third-order valence-corrected chi connectivity index (χ3v) is 6.27. The molecule has 6 rings (SSSR count). The van der Waals surface area contributed by atoms with E-state index < -0.39 is 0 Å². The van der Waals surface area contributed by atoms with Crippen molar-refractivity contribution in [1.29, 1.82) is 0 Å². The standard InChI is InChI=1S/2C17H16N4/c2*1-13-7-5-6-10-15(13)21-17-16(18-11-12-19-17)20-14-8-3-2-4-9-14/h2*2-12H,1H3,(H,18,20)(H,19,21). The monoisotopic (exact) mass is 552 g/mol. The summed E-state index contributed by atoms with van der Waals surface area (Å²) in [4.78, 5) is 17.5. The number of hydrogen-bond acceptors (Lipinski definition) is 8. The first-order valence-corrected chi connectivity index (χ1v) is 13.6. The zero-order valence-electron chi connectivity index (χ0n) is 23.5. The predicted octanol–water partition coefficient (Wildman–Crippen LogP) is 8.54. The molecule has 2 aromatic heterocycles. The molecule has 0 unspecified atom stereocenters. The predicted molar refractivity (Wildman–Crippen MR) is 172 cm³/mol. The van der Waals surface area contributed by atoms with Crippen LogP contribution in [0.1, 0.15) is 11.1 Å². The van der Waals surface area contributed by atoms with Crippen LogP contribution in [0, 0.1) is 13.8 Å². The molecule has 0 fully saturated rings. The van der Waals surface area contributed by atoms with E-state index in [-0.39, 0.29) is 0 Å². The lowest BCUT2D eigenvalue weighted by molar-refractivity contribution is 1.19. The Balaban J connectivity index is 0.000000168. The van der Waals surface area contributed by atoms with Crippen molar-refractivity contribution in [2.75, 3.05) is 21.3 Å². The van der Waals surface area contributed by atoms with Crippen molar-refractivity contribution in [3.63, 3.8) is 0 Å². The average Bonchev–Trinajstić information content (AvgIpc) is 3.03. The second-order valence-electron chi connectivity index (χ2n) is 9.37. The van der Waals surface area contributed by atoms with Gasteiger partial charge >= 0.3 is 0 Å². The Morgan fingerprint density at radius 3 is 1.02 bits per heavy atom. The highest BCUT2D eigenvalue weighted by Gasteiger charge is 2.08. The molecule has 4 aromatic carbocycles. The van der Waals surface area contributed by atoms with Crippen molar-refractivity contribution in [2.45, 2.75) is 13.8 Å². The molecule has 0 bridgehead atoms. The maximum Gasteiger partial charge on any atom is 0.173 e. The highest BCUT2D eigenvalue weighted by Crippen LogP contribution is 2.26. The molecule has 0 amide bonds. The van der Waals surface area contributed by atoms with Gasteiger partial charge in [-0.1, -0.05) is 72.8 Å². The van der Waals surface area contributed by atoms with Crippen LogP contribution < -0.4 is 21.3 Å². The molecule has 8 nitrogen and oxygen atoms in total. The van der Waals surface area contributed by atoms with E-state index >= 15 is 0 Å². The van der Waals surface area contributed by atoms with E-state index in [9.17, 15) is 0 Å². The van der Waals surface area contributed by atoms with E-state index in [1.807, 2.05) is 97.1 Å². The molecule has 0 aliphatic rings. The van der Waals surface area contributed by atoms with Crippen LogP contribution in [0.3, 0.4) is 0 Å². The minimum atomic E-state index is 0.701. The smallest absolute Gasteiger partial charge is 0.173 e. The Morgan fingerprint density at radius 1 is 0.357 bits per heavy atom. The first-order chi connectivity index (χ1) is 20.7. The molecule has 4 N–H and O–H groups in total. The number of anilines is 8. The van der Waals surface area contributed by atoms with Gasteiger partial charge in [0.15, 0.2) is 23.3 Å². The summed E-state index contributed by atoms with van der Waals surface area (Å²) < 4.78 is 0. The Bertz CT molecular complexity index is 1580. The van der Waals surface area contributed by atoms with Crippen molar-refractivity contribution in [3.05, 3.63) is 145 Å². The first-order valence-electron chi connectivity index (χ1n) is 13.6. The van der Waals surface area contributed by atoms with Crippen LogP contribution >= 0.6 is 0 Å². The molecule has 0 aliphatic heterocycles. The summed E-state index contributed by atoms with van der Waals surface area (Å²) in [5.41, 5.74) is 6.32. The number of benzene rings is 4. The maximum atomic E-state index is 4.38. The fourth-order valence-corrected chi connectivity index (χ4v) is 4.04. The van der Waals surface area contributed by atoms with Gasteiger partial charge in [-0.15, -0.1) is 0 Å². The molecular formula is C34H32N8. The number of rotatable bonds is 8. The summed E-state index contributed by atoms with van der Waals surface area (Å²) in [5.74, 6) is 2.81. The molecule has 0 spiro atoms. The van der Waals surface area contributed by atoms with E-state index in [4.69, 9.17) is 0 Å². The van der Waals surface area contributed by atoms with Gasteiger partial charge in [-0.3, -0.25) is 0 Å². The summed E-state index contributed by atoms with van der Waals surface area (Å²) in [6, 6.07) is 36.0. The number of aromatic nitrogens is 4. The molecule has 0 saturated heterocycles. The Kier molecular flexibility index (Phi) is 9.29. The van der Waals surface area contributed by atoms with Gasteiger partial charge in [-0.05, 0) is 61.4 Å². The highest BCUT2D eigenvalue weighted by atomic mass is 15.1. The van der Waals surface area contributed by atoms with Crippen LogP contribution in [0.15, 0.2) is 134 Å². The number of nitrogens with zero attached hydrogens (tertiary/aromatic N) is 4. The zero-order chi connectivity index (χ0) is 29.0. The van der Waals surface area contributed by atoms with Crippen molar-refractivity contribution in [1.82, 2.24) is 19.9 Å². The van der Waals surface area contributed by atoms with Crippen LogP contribution in [0.4, 0.5) is 46.0 Å². The minimum Gasteiger partial charge on any atom is -0.337 e. The van der Waals surface area contributed by atoms with Crippen LogP contribution in [0.25, 0.3) is 0 Å². The SMILES string of the molecule is Cc1ccccc1Nc1nccnc1Nc1ccccc1.Cc1ccccc1Nc1nccnc1Nc1ccccc1. The van der Waals surface area contributed by atoms with E-state index in [1.165, 1.54) is 0 Å². The molecule has 0 atom stereocenters. The molecule has 0 saturated carbocycles. The summed E-state index contributed by atoms with van der Waals surface area (Å²) in [7, 11) is 0. The van der Waals surface area contributed by atoms with Gasteiger partial charge in [0.05, 0.1) is 0 Å². The van der Waals surface area contributed by atoms with Crippen molar-refractivity contribution in [2.24, 2.45) is 0 Å². The first kappa shape index (κ1) is 27.8. The molecule has 6 aromatic rings. The van der Waals surface area contributed by atoms with Gasteiger partial charge in [0.25, 0.3) is 0 Å². The van der Waals surface area contributed by atoms with E-state index in [0.717, 1.165) is 33.9 Å². The van der Waals surface area contributed by atoms with Crippen molar-refractivity contribution < 1.29 is 0 Å². The van der Waals surface area contributed by atoms with Gasteiger partial charge in [0, 0.05) is 47.5 Å². The quantitative estimate of drug-likeness (QED) is 0.149. The lowest BCUT2D eigenvalue weighted by Gasteiger charge is -2.13. The normalized spacial score (nSPS) is 10.1. The van der Waals surface area contributed by atoms with Crippen molar-refractivity contribution >= 4 is 46.0 Å². The van der Waals surface area contributed by atoms with Crippen molar-refractivity contribution in [3.8, 4) is 0 Å². The van der Waals surface area contributed by atoms with Gasteiger partial charge < -0.3 is 21.3 Å². The topological polar surface area (TPSA) is 99.7 Å². The molecule has 42 heavy (non-hydrogen) atoms. The number of nitrogens with one attached hydrogen (secondary N) is 4. The van der Waals surface area contributed by atoms with Crippen LogP contribution in [0.2, 0.25) is 0 Å². The molecule has 0 aliphatic carbocycles. The summed E-state index contributed by atoms with van der Waals surface area (Å²) in [5, 5.41) is 13.2. The third kappa shape index (κ3) is 7.67. The van der Waals surface area contributed by atoms with Gasteiger partial charge in [0.1, 0.15) is 0 Å². The second kappa shape index (κ2) is 14.0. The van der Waals surface area contributed by atoms with E-state index in [2.05, 4.69) is 67.2 Å². The maximum absolute atomic E-state index is 4.38. The highest BCUT2D eigenvalue weighted by molar-refractivity contribution is 5.74. The van der Waals surface area contributed by atoms with Crippen LogP contribution in [-0.4, -0.2) is 19.9 Å². The molecular weight excluding hydrogens is 520 g/mol.